The summed E-state index contributed by atoms with van der Waals surface area (Å²) >= 11 is 0. The predicted octanol–water partition coefficient (Wildman–Crippen LogP) is 2.91. The van der Waals surface area contributed by atoms with Crippen molar-refractivity contribution < 1.29 is 4.74 Å². The second-order valence-corrected chi connectivity index (χ2v) is 5.07. The molecule has 1 heterocycles. The number of hydrogen-bond acceptors (Lipinski definition) is 5. The third kappa shape index (κ3) is 3.72. The van der Waals surface area contributed by atoms with Gasteiger partial charge in [0.05, 0.1) is 7.11 Å². The number of nitrogens with one attached hydrogen (secondary N) is 2. The molecule has 0 aliphatic heterocycles. The monoisotopic (exact) mass is 264 g/mol. The fraction of sp³-hybridized carbons (Fsp3) is 0.714. The molecule has 5 heteroatoms. The van der Waals surface area contributed by atoms with Crippen molar-refractivity contribution in [2.75, 3.05) is 31.3 Å². The number of methoxy groups -OCH3 is 1. The van der Waals surface area contributed by atoms with E-state index in [4.69, 9.17) is 4.74 Å². The van der Waals surface area contributed by atoms with Crippen molar-refractivity contribution in [3.63, 3.8) is 0 Å². The van der Waals surface area contributed by atoms with Crippen molar-refractivity contribution in [1.29, 1.82) is 0 Å². The standard InChI is InChI=1S/C14H24N4O/c1-15-13-12(19-2)14(18-10-17-13)16-9-5-8-11-6-3-4-7-11/h10-11H,3-9H2,1-2H3,(H2,15,16,17,18). The summed E-state index contributed by atoms with van der Waals surface area (Å²) in [5, 5.41) is 6.35. The van der Waals surface area contributed by atoms with Crippen LogP contribution in [0.5, 0.6) is 5.75 Å². The van der Waals surface area contributed by atoms with E-state index in [0.29, 0.717) is 5.75 Å². The molecule has 5 nitrogen and oxygen atoms in total. The summed E-state index contributed by atoms with van der Waals surface area (Å²) in [6.45, 7) is 0.938. The minimum Gasteiger partial charge on any atom is -0.490 e. The number of hydrogen-bond donors (Lipinski definition) is 2. The van der Waals surface area contributed by atoms with Gasteiger partial charge in [-0.05, 0) is 18.8 Å². The van der Waals surface area contributed by atoms with Crippen LogP contribution >= 0.6 is 0 Å². The van der Waals surface area contributed by atoms with E-state index < -0.39 is 0 Å². The number of ether oxygens (including phenoxy) is 1. The van der Waals surface area contributed by atoms with Gasteiger partial charge >= 0.3 is 0 Å². The lowest BCUT2D eigenvalue weighted by Crippen LogP contribution is -2.08. The summed E-state index contributed by atoms with van der Waals surface area (Å²) in [5.41, 5.74) is 0. The molecular weight excluding hydrogens is 240 g/mol. The van der Waals surface area contributed by atoms with Crippen LogP contribution in [0.2, 0.25) is 0 Å². The zero-order valence-electron chi connectivity index (χ0n) is 11.9. The first-order valence-electron chi connectivity index (χ1n) is 7.15. The highest BCUT2D eigenvalue weighted by Crippen LogP contribution is 2.30. The van der Waals surface area contributed by atoms with Gasteiger partial charge in [0.25, 0.3) is 0 Å². The SMILES string of the molecule is CNc1ncnc(NCCCC2CCCC2)c1OC. The van der Waals surface area contributed by atoms with Crippen molar-refractivity contribution in [1.82, 2.24) is 9.97 Å². The number of rotatable bonds is 7. The minimum absolute atomic E-state index is 0.686. The number of anilines is 2. The second kappa shape index (κ2) is 7.16. The van der Waals surface area contributed by atoms with E-state index in [1.54, 1.807) is 13.4 Å². The van der Waals surface area contributed by atoms with Gasteiger partial charge in [0.15, 0.2) is 11.6 Å². The van der Waals surface area contributed by atoms with Crippen LogP contribution in [0.3, 0.4) is 0 Å². The fourth-order valence-corrected chi connectivity index (χ4v) is 2.77. The highest BCUT2D eigenvalue weighted by molar-refractivity contribution is 5.63. The largest absolute Gasteiger partial charge is 0.490 e. The van der Waals surface area contributed by atoms with E-state index in [2.05, 4.69) is 20.6 Å². The molecule has 1 aromatic rings. The van der Waals surface area contributed by atoms with Crippen LogP contribution < -0.4 is 15.4 Å². The lowest BCUT2D eigenvalue weighted by molar-refractivity contribution is 0.414. The van der Waals surface area contributed by atoms with Crippen LogP contribution in [0.4, 0.5) is 11.6 Å². The molecule has 0 amide bonds. The van der Waals surface area contributed by atoms with Crippen molar-refractivity contribution in [2.24, 2.45) is 5.92 Å². The first kappa shape index (κ1) is 13.9. The maximum absolute atomic E-state index is 5.35. The Morgan fingerprint density at radius 3 is 2.68 bits per heavy atom. The topological polar surface area (TPSA) is 59.1 Å². The van der Waals surface area contributed by atoms with Crippen molar-refractivity contribution in [3.05, 3.63) is 6.33 Å². The van der Waals surface area contributed by atoms with Crippen molar-refractivity contribution in [3.8, 4) is 5.75 Å². The maximum atomic E-state index is 5.35. The molecule has 19 heavy (non-hydrogen) atoms. The van der Waals surface area contributed by atoms with Crippen molar-refractivity contribution in [2.45, 2.75) is 38.5 Å². The molecule has 1 aliphatic carbocycles. The van der Waals surface area contributed by atoms with Crippen molar-refractivity contribution >= 4 is 11.6 Å². The van der Waals surface area contributed by atoms with Gasteiger partial charge in [0, 0.05) is 13.6 Å². The Kier molecular flexibility index (Phi) is 5.24. The molecule has 0 saturated heterocycles. The average Bonchev–Trinajstić information content (AvgIpc) is 2.96. The summed E-state index contributed by atoms with van der Waals surface area (Å²) in [4.78, 5) is 8.37. The van der Waals surface area contributed by atoms with Crippen LogP contribution in [0.1, 0.15) is 38.5 Å². The molecule has 2 N–H and O–H groups in total. The van der Waals surface area contributed by atoms with Gasteiger partial charge in [-0.3, -0.25) is 0 Å². The third-order valence-electron chi connectivity index (χ3n) is 3.80. The fourth-order valence-electron chi connectivity index (χ4n) is 2.77. The van der Waals surface area contributed by atoms with E-state index in [1.165, 1.54) is 38.5 Å². The zero-order chi connectivity index (χ0) is 13.5. The van der Waals surface area contributed by atoms with Gasteiger partial charge in [-0.15, -0.1) is 0 Å². The lowest BCUT2D eigenvalue weighted by Gasteiger charge is -2.13. The molecule has 1 fully saturated rings. The van der Waals surface area contributed by atoms with Gasteiger partial charge in [-0.25, -0.2) is 9.97 Å². The Bertz CT molecular complexity index is 391. The average molecular weight is 264 g/mol. The second-order valence-electron chi connectivity index (χ2n) is 5.07. The van der Waals surface area contributed by atoms with Crippen LogP contribution in [0.25, 0.3) is 0 Å². The first-order chi connectivity index (χ1) is 9.35. The molecule has 106 valence electrons. The third-order valence-corrected chi connectivity index (χ3v) is 3.80. The van der Waals surface area contributed by atoms with E-state index >= 15 is 0 Å². The van der Waals surface area contributed by atoms with Crippen LogP contribution in [-0.2, 0) is 0 Å². The quantitative estimate of drug-likeness (QED) is 0.742. The minimum atomic E-state index is 0.686. The lowest BCUT2D eigenvalue weighted by atomic mass is 10.0. The Hall–Kier alpha value is -1.52. The van der Waals surface area contributed by atoms with Gasteiger partial charge in [0.1, 0.15) is 6.33 Å². The molecular formula is C14H24N4O. The molecule has 1 aliphatic rings. The Morgan fingerprint density at radius 2 is 2.00 bits per heavy atom. The normalized spacial score (nSPS) is 15.5. The molecule has 0 unspecified atom stereocenters. The molecule has 0 spiro atoms. The molecule has 1 aromatic heterocycles. The first-order valence-corrected chi connectivity index (χ1v) is 7.15. The maximum Gasteiger partial charge on any atom is 0.204 e. The Labute approximate surface area is 115 Å². The van der Waals surface area contributed by atoms with E-state index in [1.807, 2.05) is 7.05 Å². The summed E-state index contributed by atoms with van der Waals surface area (Å²) in [6, 6.07) is 0. The van der Waals surface area contributed by atoms with E-state index in [9.17, 15) is 0 Å². The number of nitrogens with zero attached hydrogens (tertiary/aromatic N) is 2. The van der Waals surface area contributed by atoms with Crippen LogP contribution in [-0.4, -0.2) is 30.7 Å². The summed E-state index contributed by atoms with van der Waals surface area (Å²) in [5.74, 6) is 3.12. The van der Waals surface area contributed by atoms with Gasteiger partial charge in [0.2, 0.25) is 5.75 Å². The molecule has 1 saturated carbocycles. The summed E-state index contributed by atoms with van der Waals surface area (Å²) in [6.07, 6.45) is 9.73. The van der Waals surface area contributed by atoms with Gasteiger partial charge in [-0.1, -0.05) is 25.7 Å². The van der Waals surface area contributed by atoms with E-state index in [0.717, 1.165) is 24.1 Å². The zero-order valence-corrected chi connectivity index (χ0v) is 11.9. The van der Waals surface area contributed by atoms with Crippen LogP contribution in [0.15, 0.2) is 6.33 Å². The highest BCUT2D eigenvalue weighted by atomic mass is 16.5. The molecule has 0 atom stereocenters. The van der Waals surface area contributed by atoms with E-state index in [-0.39, 0.29) is 0 Å². The molecule has 0 radical (unpaired) electrons. The van der Waals surface area contributed by atoms with Gasteiger partial charge in [-0.2, -0.15) is 0 Å². The number of aromatic nitrogens is 2. The Balaban J connectivity index is 1.81. The Morgan fingerprint density at radius 1 is 1.26 bits per heavy atom. The molecule has 0 bridgehead atoms. The highest BCUT2D eigenvalue weighted by Gasteiger charge is 2.14. The smallest absolute Gasteiger partial charge is 0.204 e. The summed E-state index contributed by atoms with van der Waals surface area (Å²) < 4.78 is 5.35. The van der Waals surface area contributed by atoms with Gasteiger partial charge < -0.3 is 15.4 Å². The molecule has 0 aromatic carbocycles. The van der Waals surface area contributed by atoms with Crippen LogP contribution in [0, 0.1) is 5.92 Å². The predicted molar refractivity (Wildman–Crippen MR) is 77.8 cm³/mol. The summed E-state index contributed by atoms with van der Waals surface area (Å²) in [7, 11) is 3.47. The molecule has 2 rings (SSSR count).